The summed E-state index contributed by atoms with van der Waals surface area (Å²) in [5.41, 5.74) is 5.03. The van der Waals surface area contributed by atoms with E-state index in [2.05, 4.69) is 25.8 Å². The molecule has 2 heterocycles. The number of H-pyrrole nitrogens is 1. The number of nitrogens with zero attached hydrogens (tertiary/aromatic N) is 3. The number of hydrogen-bond donors (Lipinski definition) is 1. The Labute approximate surface area is 140 Å². The van der Waals surface area contributed by atoms with Gasteiger partial charge in [-0.2, -0.15) is 13.2 Å². The van der Waals surface area contributed by atoms with Crippen LogP contribution in [0.2, 0.25) is 0 Å². The first-order chi connectivity index (χ1) is 11.8. The Morgan fingerprint density at radius 2 is 2.20 bits per heavy atom. The summed E-state index contributed by atoms with van der Waals surface area (Å²) in [6, 6.07) is 2.50. The predicted molar refractivity (Wildman–Crippen MR) is 75.9 cm³/mol. The summed E-state index contributed by atoms with van der Waals surface area (Å²) in [6.07, 6.45) is -1.54. The van der Waals surface area contributed by atoms with Gasteiger partial charge in [0, 0.05) is 6.07 Å². The van der Waals surface area contributed by atoms with Gasteiger partial charge in [-0.05, 0) is 13.0 Å². The van der Waals surface area contributed by atoms with E-state index in [0.717, 1.165) is 0 Å². The fourth-order valence-electron chi connectivity index (χ4n) is 1.94. The van der Waals surface area contributed by atoms with Gasteiger partial charge in [-0.1, -0.05) is 5.21 Å². The van der Waals surface area contributed by atoms with Crippen LogP contribution in [-0.4, -0.2) is 40.4 Å². The molecule has 0 fully saturated rings. The number of pyridine rings is 1. The monoisotopic (exact) mass is 361 g/mol. The molecule has 0 saturated carbocycles. The quantitative estimate of drug-likeness (QED) is 0.695. The number of carbonyl (C=O) groups is 1. The van der Waals surface area contributed by atoms with E-state index < -0.39 is 24.8 Å². The number of nitrogens with one attached hydrogen (secondary N) is 1. The number of aromatic nitrogens is 4. The molecule has 4 N–H and O–H groups in total. The summed E-state index contributed by atoms with van der Waals surface area (Å²) in [7, 11) is 0. The Hall–Kier alpha value is -2.69. The molecule has 2 rings (SSSR count). The van der Waals surface area contributed by atoms with Gasteiger partial charge >= 0.3 is 12.1 Å². The van der Waals surface area contributed by atoms with Crippen LogP contribution >= 0.6 is 0 Å². The molecular formula is C14H18F3N5O3+2. The van der Waals surface area contributed by atoms with Crippen molar-refractivity contribution in [3.05, 3.63) is 35.9 Å². The Kier molecular flexibility index (Phi) is 5.91. The van der Waals surface area contributed by atoms with E-state index in [1.807, 2.05) is 0 Å². The smallest absolute Gasteiger partial charge is 0.422 e. The largest absolute Gasteiger partial charge is 0.478 e. The third kappa shape index (κ3) is 5.71. The molecule has 0 aliphatic carbocycles. The molecule has 0 bridgehead atoms. The van der Waals surface area contributed by atoms with E-state index in [-0.39, 0.29) is 18.9 Å². The maximum atomic E-state index is 12.1. The van der Waals surface area contributed by atoms with Gasteiger partial charge in [0.1, 0.15) is 6.54 Å². The van der Waals surface area contributed by atoms with Crippen LogP contribution in [0, 0.1) is 0 Å². The van der Waals surface area contributed by atoms with Gasteiger partial charge in [0.05, 0.1) is 12.8 Å². The number of quaternary nitrogens is 1. The number of hydrogen-bond acceptors (Lipinski definition) is 5. The molecule has 0 aromatic carbocycles. The van der Waals surface area contributed by atoms with Gasteiger partial charge in [-0.3, -0.25) is 4.79 Å². The Balaban J connectivity index is 1.99. The first-order valence-electron chi connectivity index (χ1n) is 7.38. The summed E-state index contributed by atoms with van der Waals surface area (Å²) in [6.45, 7) is 0.544. The zero-order valence-electron chi connectivity index (χ0n) is 13.4. The lowest BCUT2D eigenvalue weighted by atomic mass is 10.1. The molecular weight excluding hydrogens is 343 g/mol. The van der Waals surface area contributed by atoms with Crippen LogP contribution in [0.5, 0.6) is 5.75 Å². The second-order valence-corrected chi connectivity index (χ2v) is 5.08. The lowest BCUT2D eigenvalue weighted by Gasteiger charge is -2.07. The average molecular weight is 361 g/mol. The Bertz CT molecular complexity index is 702. The minimum atomic E-state index is -4.40. The number of alkyl halides is 3. The molecule has 25 heavy (non-hydrogen) atoms. The third-order valence-electron chi connectivity index (χ3n) is 3.10. The normalized spacial score (nSPS) is 12.7. The van der Waals surface area contributed by atoms with Crippen molar-refractivity contribution >= 4 is 5.97 Å². The summed E-state index contributed by atoms with van der Waals surface area (Å²) >= 11 is 0. The molecule has 1 atom stereocenters. The van der Waals surface area contributed by atoms with E-state index >= 15 is 0 Å². The Morgan fingerprint density at radius 1 is 1.44 bits per heavy atom. The minimum Gasteiger partial charge on any atom is -0.478 e. The molecule has 0 amide bonds. The van der Waals surface area contributed by atoms with E-state index in [9.17, 15) is 18.0 Å². The molecule has 0 saturated heterocycles. The maximum Gasteiger partial charge on any atom is 0.422 e. The van der Waals surface area contributed by atoms with Crippen molar-refractivity contribution in [2.24, 2.45) is 0 Å². The molecule has 2 aromatic heterocycles. The first kappa shape index (κ1) is 18.6. The first-order valence-corrected chi connectivity index (χ1v) is 7.38. The van der Waals surface area contributed by atoms with Crippen molar-refractivity contribution in [2.75, 3.05) is 13.2 Å². The van der Waals surface area contributed by atoms with Crippen molar-refractivity contribution in [3.8, 4) is 5.75 Å². The van der Waals surface area contributed by atoms with Crippen LogP contribution in [0.4, 0.5) is 13.2 Å². The number of ether oxygens (including phenoxy) is 2. The average Bonchev–Trinajstić information content (AvgIpc) is 3.00. The second kappa shape index (κ2) is 7.92. The summed E-state index contributed by atoms with van der Waals surface area (Å²) in [5.74, 6) is -0.378. The van der Waals surface area contributed by atoms with Crippen molar-refractivity contribution in [3.63, 3.8) is 0 Å². The van der Waals surface area contributed by atoms with Crippen LogP contribution < -0.4 is 15.5 Å². The van der Waals surface area contributed by atoms with Crippen LogP contribution in [0.3, 0.4) is 0 Å². The topological polar surface area (TPSA) is 108 Å². The highest BCUT2D eigenvalue weighted by atomic mass is 19.4. The standard InChI is InChI=1S/C14H16F3N5O3/c1-2-24-12(23)7-22-6-11(20-21-22)13(18)10-4-3-9(5-19-10)25-8-14(15,16)17/h3-6,13H,2,7-8,18H2,1H3/p+2/t13-/m0/s1. The molecule has 2 aromatic rings. The molecule has 0 unspecified atom stereocenters. The highest BCUT2D eigenvalue weighted by Gasteiger charge is 2.29. The van der Waals surface area contributed by atoms with E-state index in [4.69, 9.17) is 4.74 Å². The van der Waals surface area contributed by atoms with Gasteiger partial charge < -0.3 is 15.2 Å². The van der Waals surface area contributed by atoms with E-state index in [1.165, 1.54) is 16.9 Å². The van der Waals surface area contributed by atoms with Crippen molar-refractivity contribution in [2.45, 2.75) is 25.7 Å². The lowest BCUT2D eigenvalue weighted by molar-refractivity contribution is -0.475. The van der Waals surface area contributed by atoms with E-state index in [0.29, 0.717) is 11.4 Å². The summed E-state index contributed by atoms with van der Waals surface area (Å²) in [5, 5.41) is 7.76. The highest BCUT2D eigenvalue weighted by molar-refractivity contribution is 5.68. The van der Waals surface area contributed by atoms with Crippen molar-refractivity contribution in [1.82, 2.24) is 15.0 Å². The molecule has 0 aliphatic heterocycles. The zero-order chi connectivity index (χ0) is 18.4. The molecule has 136 valence electrons. The summed E-state index contributed by atoms with van der Waals surface area (Å²) < 4.78 is 47.1. The zero-order valence-corrected chi connectivity index (χ0v) is 13.4. The van der Waals surface area contributed by atoms with Crippen molar-refractivity contribution in [1.29, 1.82) is 0 Å². The van der Waals surface area contributed by atoms with Crippen molar-refractivity contribution < 1.29 is 38.2 Å². The van der Waals surface area contributed by atoms with Gasteiger partial charge in [0.2, 0.25) is 17.9 Å². The molecule has 8 nitrogen and oxygen atoms in total. The number of carbonyl (C=O) groups excluding carboxylic acids is 1. The molecule has 11 heteroatoms. The van der Waals surface area contributed by atoms with Crippen LogP contribution in [0.15, 0.2) is 24.5 Å². The number of rotatable bonds is 7. The second-order valence-electron chi connectivity index (χ2n) is 5.08. The minimum absolute atomic E-state index is 0.0549. The molecule has 0 radical (unpaired) electrons. The van der Waals surface area contributed by atoms with Gasteiger partial charge in [0.15, 0.2) is 18.1 Å². The number of aromatic amines is 1. The molecule has 0 spiro atoms. The lowest BCUT2D eigenvalue weighted by Crippen LogP contribution is -2.56. The molecule has 0 aliphatic rings. The van der Waals surface area contributed by atoms with Crippen LogP contribution in [0.1, 0.15) is 24.4 Å². The van der Waals surface area contributed by atoms with Crippen LogP contribution in [0.25, 0.3) is 0 Å². The maximum absolute atomic E-state index is 12.1. The van der Waals surface area contributed by atoms with E-state index in [1.54, 1.807) is 19.2 Å². The Morgan fingerprint density at radius 3 is 2.80 bits per heavy atom. The summed E-state index contributed by atoms with van der Waals surface area (Å²) in [4.78, 5) is 14.2. The predicted octanol–water partition coefficient (Wildman–Crippen LogP) is -0.0723. The fraction of sp³-hybridized carbons (Fsp3) is 0.429. The fourth-order valence-corrected chi connectivity index (χ4v) is 1.94. The van der Waals surface area contributed by atoms with Gasteiger partial charge in [-0.15, -0.1) is 5.10 Å². The number of esters is 1. The SMILES string of the molecule is CCOC(=O)Cn1cc([C@@H]([NH3+])c2ccc(OCC(F)(F)F)c[nH+]2)nn1. The third-order valence-corrected chi connectivity index (χ3v) is 3.10. The van der Waals surface area contributed by atoms with Gasteiger partial charge in [-0.25, -0.2) is 9.67 Å². The van der Waals surface area contributed by atoms with Crippen LogP contribution in [-0.2, 0) is 16.1 Å². The number of halogens is 3. The highest BCUT2D eigenvalue weighted by Crippen LogP contribution is 2.18. The van der Waals surface area contributed by atoms with Gasteiger partial charge in [0.25, 0.3) is 0 Å².